The van der Waals surface area contributed by atoms with Crippen LogP contribution in [0.25, 0.3) is 11.2 Å². The molecule has 2 aromatic heterocycles. The van der Waals surface area contributed by atoms with Crippen molar-refractivity contribution in [3.8, 4) is 0 Å². The summed E-state index contributed by atoms with van der Waals surface area (Å²) in [6.07, 6.45) is -3.05. The van der Waals surface area contributed by atoms with Crippen molar-refractivity contribution in [3.63, 3.8) is 0 Å². The van der Waals surface area contributed by atoms with Crippen molar-refractivity contribution < 1.29 is 43.1 Å². The maximum Gasteiger partial charge on any atom is 0.342 e. The molecular formula is C31H38N7O10P. The number of aromatic nitrogens is 4. The van der Waals surface area contributed by atoms with Gasteiger partial charge >= 0.3 is 19.6 Å². The van der Waals surface area contributed by atoms with Crippen LogP contribution in [0.15, 0.2) is 71.8 Å². The predicted molar refractivity (Wildman–Crippen MR) is 175 cm³/mol. The highest BCUT2D eigenvalue weighted by Crippen LogP contribution is 2.44. The Labute approximate surface area is 280 Å². The number of hydrogen-bond donors (Lipinski definition) is 6. The lowest BCUT2D eigenvalue weighted by Crippen LogP contribution is -2.47. The monoisotopic (exact) mass is 699 g/mol. The van der Waals surface area contributed by atoms with Gasteiger partial charge in [-0.15, -0.1) is 0 Å². The number of nitrogen functional groups attached to an aromatic ring is 1. The fourth-order valence-corrected chi connectivity index (χ4v) is 7.33. The molecule has 1 aliphatic heterocycles. The van der Waals surface area contributed by atoms with Gasteiger partial charge in [-0.3, -0.25) is 28.5 Å². The van der Waals surface area contributed by atoms with E-state index in [9.17, 15) is 29.2 Å². The van der Waals surface area contributed by atoms with Crippen LogP contribution in [0.2, 0.25) is 0 Å². The van der Waals surface area contributed by atoms with E-state index in [4.69, 9.17) is 24.5 Å². The Morgan fingerprint density at radius 1 is 1.04 bits per heavy atom. The Morgan fingerprint density at radius 3 is 2.08 bits per heavy atom. The van der Waals surface area contributed by atoms with Crippen LogP contribution in [0.5, 0.6) is 0 Å². The lowest BCUT2D eigenvalue weighted by molar-refractivity contribution is -0.143. The summed E-state index contributed by atoms with van der Waals surface area (Å²) in [6.45, 7) is 0.674. The molecule has 2 aromatic carbocycles. The normalized spacial score (nSPS) is 22.1. The minimum absolute atomic E-state index is 0.0158. The van der Waals surface area contributed by atoms with Gasteiger partial charge in [-0.1, -0.05) is 60.7 Å². The first-order valence-electron chi connectivity index (χ1n) is 15.2. The molecule has 4 aromatic rings. The van der Waals surface area contributed by atoms with Crippen molar-refractivity contribution in [2.45, 2.75) is 55.9 Å². The predicted octanol–water partition coefficient (Wildman–Crippen LogP) is 0.584. The lowest BCUT2D eigenvalue weighted by atomic mass is 9.96. The summed E-state index contributed by atoms with van der Waals surface area (Å²) in [6, 6.07) is 15.3. The first-order valence-corrected chi connectivity index (χ1v) is 16.8. The fourth-order valence-electron chi connectivity index (χ4n) is 5.54. The van der Waals surface area contributed by atoms with E-state index in [2.05, 4.69) is 25.1 Å². The molecule has 262 valence electrons. The maximum absolute atomic E-state index is 14.7. The Balaban J connectivity index is 1.44. The van der Waals surface area contributed by atoms with E-state index in [1.807, 2.05) is 0 Å². The molecule has 0 bridgehead atoms. The molecular weight excluding hydrogens is 661 g/mol. The number of H-pyrrole nitrogens is 1. The number of aliphatic hydroxyl groups excluding tert-OH is 1. The van der Waals surface area contributed by atoms with Crippen molar-refractivity contribution in [1.82, 2.24) is 29.7 Å². The smallest absolute Gasteiger partial charge is 0.342 e. The largest absolute Gasteiger partial charge is 0.468 e. The number of benzene rings is 2. The number of ether oxygens (including phenoxy) is 3. The van der Waals surface area contributed by atoms with Crippen molar-refractivity contribution in [1.29, 1.82) is 0 Å². The van der Waals surface area contributed by atoms with E-state index in [0.717, 1.165) is 0 Å². The Hall–Kier alpha value is -4.48. The number of aliphatic hydroxyl groups is 2. The van der Waals surface area contributed by atoms with Gasteiger partial charge in [-0.25, -0.2) is 15.2 Å². The van der Waals surface area contributed by atoms with Gasteiger partial charge in [0.1, 0.15) is 29.9 Å². The maximum atomic E-state index is 14.7. The highest BCUT2D eigenvalue weighted by molar-refractivity contribution is 7.54. The molecule has 1 fully saturated rings. The summed E-state index contributed by atoms with van der Waals surface area (Å²) < 4.78 is 37.8. The van der Waals surface area contributed by atoms with Gasteiger partial charge in [-0.2, -0.15) is 4.98 Å². The number of carbonyl (C=O) groups excluding carboxylic acids is 2. The summed E-state index contributed by atoms with van der Waals surface area (Å²) in [7, 11) is -2.11. The molecule has 2 unspecified atom stereocenters. The Morgan fingerprint density at radius 2 is 1.57 bits per heavy atom. The second kappa shape index (κ2) is 15.0. The van der Waals surface area contributed by atoms with Gasteiger partial charge in [-0.05, 0) is 30.9 Å². The molecule has 18 heteroatoms. The van der Waals surface area contributed by atoms with Crippen LogP contribution in [-0.2, 0) is 45.7 Å². The number of rotatable bonds is 14. The van der Waals surface area contributed by atoms with Gasteiger partial charge in [0.05, 0.1) is 27.2 Å². The summed E-state index contributed by atoms with van der Waals surface area (Å²) >= 11 is 0. The third-order valence-electron chi connectivity index (χ3n) is 8.07. The van der Waals surface area contributed by atoms with Crippen LogP contribution in [0.4, 0.5) is 5.95 Å². The third kappa shape index (κ3) is 8.05. The molecule has 0 radical (unpaired) electrons. The van der Waals surface area contributed by atoms with Crippen LogP contribution in [0, 0.1) is 0 Å². The quantitative estimate of drug-likeness (QED) is 0.0779. The number of aromatic amines is 1. The average Bonchev–Trinajstić information content (AvgIpc) is 3.60. The van der Waals surface area contributed by atoms with E-state index < -0.39 is 67.9 Å². The topological polar surface area (TPSA) is 242 Å². The molecule has 17 nitrogen and oxygen atoms in total. The van der Waals surface area contributed by atoms with Gasteiger partial charge in [0, 0.05) is 0 Å². The van der Waals surface area contributed by atoms with E-state index in [1.54, 1.807) is 60.7 Å². The third-order valence-corrected chi connectivity index (χ3v) is 9.88. The molecule has 49 heavy (non-hydrogen) atoms. The number of methoxy groups -OCH3 is 2. The van der Waals surface area contributed by atoms with Gasteiger partial charge in [0.25, 0.3) is 5.56 Å². The van der Waals surface area contributed by atoms with Crippen LogP contribution in [0.3, 0.4) is 0 Å². The number of carbonyl (C=O) groups is 2. The number of nitrogens with one attached hydrogen (secondary N) is 3. The zero-order valence-electron chi connectivity index (χ0n) is 26.9. The zero-order valence-corrected chi connectivity index (χ0v) is 27.8. The molecule has 5 rings (SSSR count). The van der Waals surface area contributed by atoms with E-state index in [-0.39, 0.29) is 30.0 Å². The van der Waals surface area contributed by atoms with Crippen LogP contribution >= 0.6 is 7.67 Å². The van der Waals surface area contributed by atoms with Gasteiger partial charge < -0.3 is 34.7 Å². The summed E-state index contributed by atoms with van der Waals surface area (Å²) in [4.78, 5) is 48.7. The SMILES string of the molecule is COC(=O)[C@H](Cc1ccccc1)NP(=O)(N[C@@H](Cc1ccccc1)C(=O)OC)OC[C@H]1O[C@@H](n2cnc3c(=O)[nH]c(N)nc32)C(C)(O)C1O. The number of anilines is 1. The Bertz CT molecular complexity index is 1800. The average molecular weight is 700 g/mol. The summed E-state index contributed by atoms with van der Waals surface area (Å²) in [5.41, 5.74) is 4.41. The fraction of sp³-hybridized carbons (Fsp3) is 0.387. The number of nitrogens with zero attached hydrogens (tertiary/aromatic N) is 3. The van der Waals surface area contributed by atoms with Crippen LogP contribution in [-0.4, -0.2) is 92.4 Å². The molecule has 7 N–H and O–H groups in total. The van der Waals surface area contributed by atoms with Crippen molar-refractivity contribution in [2.75, 3.05) is 26.6 Å². The number of fused-ring (bicyclic) bond motifs is 1. The number of imidazole rings is 1. The van der Waals surface area contributed by atoms with Crippen molar-refractivity contribution in [2.24, 2.45) is 0 Å². The first-order chi connectivity index (χ1) is 23.3. The summed E-state index contributed by atoms with van der Waals surface area (Å²) in [5, 5.41) is 28.0. The van der Waals surface area contributed by atoms with Crippen molar-refractivity contribution in [3.05, 3.63) is 88.5 Å². The molecule has 1 aliphatic rings. The molecule has 0 spiro atoms. The van der Waals surface area contributed by atoms with E-state index in [1.165, 1.54) is 32.0 Å². The van der Waals surface area contributed by atoms with Crippen LogP contribution < -0.4 is 21.5 Å². The highest BCUT2D eigenvalue weighted by Gasteiger charge is 2.54. The zero-order chi connectivity index (χ0) is 35.3. The standard InChI is InChI=1S/C31H38N7O10P/c1-31(43)24(39)22(48-29(31)38-17-33-23-25(38)34-30(32)35-26(23)40)16-47-49(44,36-20(27(41)45-2)14-18-10-6-4-7-11-18)37-21(28(42)46-3)15-19-12-8-5-9-13-19/h4-13,17,20-22,24,29,39,43H,14-16H2,1-3H3,(H2,36,37,44)(H3,32,34,35,40)/t20-,21-,22+,24?,29+,31?/m0/s1. The molecule has 0 aliphatic carbocycles. The molecule has 0 saturated carbocycles. The minimum Gasteiger partial charge on any atom is -0.468 e. The van der Waals surface area contributed by atoms with E-state index >= 15 is 0 Å². The highest BCUT2D eigenvalue weighted by atomic mass is 31.2. The Kier molecular flexibility index (Phi) is 10.9. The molecule has 3 heterocycles. The summed E-state index contributed by atoms with van der Waals surface area (Å²) in [5.74, 6) is -1.73. The molecule has 6 atom stereocenters. The van der Waals surface area contributed by atoms with Gasteiger partial charge in [0.2, 0.25) is 5.95 Å². The lowest BCUT2D eigenvalue weighted by Gasteiger charge is -2.29. The second-order valence-corrected chi connectivity index (χ2v) is 13.5. The van der Waals surface area contributed by atoms with Crippen LogP contribution in [0.1, 0.15) is 24.3 Å². The molecule has 0 amide bonds. The van der Waals surface area contributed by atoms with Crippen molar-refractivity contribution >= 4 is 36.7 Å². The first kappa shape index (κ1) is 35.8. The number of hydrogen-bond acceptors (Lipinski definition) is 13. The number of nitrogens with two attached hydrogens (primary N) is 1. The number of esters is 2. The second-order valence-electron chi connectivity index (χ2n) is 11.6. The van der Waals surface area contributed by atoms with Gasteiger partial charge in [0.15, 0.2) is 17.4 Å². The molecule has 1 saturated heterocycles. The van der Waals surface area contributed by atoms with E-state index in [0.29, 0.717) is 11.1 Å². The minimum atomic E-state index is -4.46.